The number of halogens is 2. The number of nitrogens with one attached hydrogen (secondary N) is 1. The van der Waals surface area contributed by atoms with Gasteiger partial charge in [0.25, 0.3) is 0 Å². The van der Waals surface area contributed by atoms with E-state index in [0.29, 0.717) is 5.02 Å². The van der Waals surface area contributed by atoms with Crippen molar-refractivity contribution in [2.75, 3.05) is 19.6 Å². The largest absolute Gasteiger partial charge is 0.336 e. The summed E-state index contributed by atoms with van der Waals surface area (Å²) in [7, 11) is 0. The Morgan fingerprint density at radius 1 is 1.09 bits per heavy atom. The van der Waals surface area contributed by atoms with Gasteiger partial charge in [0.15, 0.2) is 0 Å². The van der Waals surface area contributed by atoms with E-state index >= 15 is 0 Å². The zero-order valence-corrected chi connectivity index (χ0v) is 19.0. The fraction of sp³-hybridized carbons (Fsp3) is 0.370. The molecule has 2 fully saturated rings. The molecule has 1 amide bonds. The second-order valence-electron chi connectivity index (χ2n) is 9.18. The molecule has 0 radical (unpaired) electrons. The minimum Gasteiger partial charge on any atom is -0.336 e. The maximum Gasteiger partial charge on any atom is 0.227 e. The first-order chi connectivity index (χ1) is 15.5. The Kier molecular flexibility index (Phi) is 5.68. The van der Waals surface area contributed by atoms with Crippen LogP contribution in [0.2, 0.25) is 5.02 Å². The van der Waals surface area contributed by atoms with Crippen LogP contribution in [0.1, 0.15) is 43.4 Å². The normalized spacial score (nSPS) is 21.8. The van der Waals surface area contributed by atoms with Gasteiger partial charge in [-0.3, -0.25) is 4.79 Å². The molecule has 2 aliphatic rings. The number of nitrogens with zero attached hydrogens (tertiary/aromatic N) is 1. The van der Waals surface area contributed by atoms with Gasteiger partial charge in [-0.25, -0.2) is 4.39 Å². The molecule has 3 aromatic carbocycles. The van der Waals surface area contributed by atoms with Crippen molar-refractivity contribution in [3.63, 3.8) is 0 Å². The van der Waals surface area contributed by atoms with Crippen molar-refractivity contribution < 1.29 is 9.18 Å². The van der Waals surface area contributed by atoms with Gasteiger partial charge in [-0.2, -0.15) is 0 Å². The van der Waals surface area contributed by atoms with Crippen LogP contribution in [-0.2, 0) is 10.2 Å². The fourth-order valence-electron chi connectivity index (χ4n) is 5.91. The molecule has 1 N–H and O–H groups in total. The van der Waals surface area contributed by atoms with Crippen LogP contribution in [0.4, 0.5) is 4.39 Å². The van der Waals surface area contributed by atoms with E-state index in [2.05, 4.69) is 24.4 Å². The van der Waals surface area contributed by atoms with Gasteiger partial charge >= 0.3 is 0 Å². The first-order valence-corrected chi connectivity index (χ1v) is 11.8. The van der Waals surface area contributed by atoms with E-state index < -0.39 is 0 Å². The van der Waals surface area contributed by atoms with E-state index in [9.17, 15) is 9.18 Å². The quantitative estimate of drug-likeness (QED) is 0.539. The first kappa shape index (κ1) is 21.4. The molecule has 3 nitrogen and oxygen atoms in total. The molecule has 0 bridgehead atoms. The minimum absolute atomic E-state index is 0.0666. The van der Waals surface area contributed by atoms with Gasteiger partial charge < -0.3 is 10.2 Å². The second kappa shape index (κ2) is 8.49. The molecule has 0 spiro atoms. The Morgan fingerprint density at radius 2 is 1.81 bits per heavy atom. The van der Waals surface area contributed by atoms with Crippen LogP contribution in [0, 0.1) is 11.7 Å². The van der Waals surface area contributed by atoms with Crippen LogP contribution in [0.15, 0.2) is 60.7 Å². The number of carbonyl (C=O) groups is 1. The molecule has 2 heterocycles. The Labute approximate surface area is 193 Å². The van der Waals surface area contributed by atoms with Crippen molar-refractivity contribution in [1.82, 2.24) is 10.2 Å². The van der Waals surface area contributed by atoms with Crippen LogP contribution in [0.25, 0.3) is 10.8 Å². The topological polar surface area (TPSA) is 32.3 Å². The van der Waals surface area contributed by atoms with E-state index in [1.54, 1.807) is 0 Å². The lowest BCUT2D eigenvalue weighted by molar-refractivity contribution is -0.135. The van der Waals surface area contributed by atoms with Gasteiger partial charge in [-0.05, 0) is 85.4 Å². The SMILES string of the molecule is C[C@@H](c1cc(Cl)cc2ccccc12)N1CCC(C2(c3ccc(F)cc3)CCNCC2)C1=O. The highest BCUT2D eigenvalue weighted by Gasteiger charge is 2.49. The van der Waals surface area contributed by atoms with Crippen molar-refractivity contribution in [2.45, 2.75) is 37.6 Å². The average Bonchev–Trinajstić information content (AvgIpc) is 3.20. The highest BCUT2D eigenvalue weighted by molar-refractivity contribution is 6.31. The van der Waals surface area contributed by atoms with Crippen molar-refractivity contribution >= 4 is 28.3 Å². The minimum atomic E-state index is -0.249. The van der Waals surface area contributed by atoms with Gasteiger partial charge in [-0.15, -0.1) is 0 Å². The summed E-state index contributed by atoms with van der Waals surface area (Å²) in [4.78, 5) is 15.9. The number of fused-ring (bicyclic) bond motifs is 1. The summed E-state index contributed by atoms with van der Waals surface area (Å²) < 4.78 is 13.7. The summed E-state index contributed by atoms with van der Waals surface area (Å²) in [5.41, 5.74) is 1.92. The lowest BCUT2D eigenvalue weighted by Crippen LogP contribution is -2.48. The van der Waals surface area contributed by atoms with E-state index in [4.69, 9.17) is 11.6 Å². The lowest BCUT2D eigenvalue weighted by Gasteiger charge is -2.42. The van der Waals surface area contributed by atoms with Gasteiger partial charge in [0.1, 0.15) is 5.82 Å². The highest BCUT2D eigenvalue weighted by Crippen LogP contribution is 2.47. The van der Waals surface area contributed by atoms with Gasteiger partial charge in [0, 0.05) is 22.9 Å². The molecule has 2 atom stereocenters. The third-order valence-corrected chi connectivity index (χ3v) is 7.82. The third kappa shape index (κ3) is 3.60. The van der Waals surface area contributed by atoms with Crippen molar-refractivity contribution in [2.24, 2.45) is 5.92 Å². The van der Waals surface area contributed by atoms with Crippen molar-refractivity contribution in [3.05, 3.63) is 82.6 Å². The highest BCUT2D eigenvalue weighted by atomic mass is 35.5. The molecule has 2 aliphatic heterocycles. The number of carbonyl (C=O) groups excluding carboxylic acids is 1. The molecule has 5 heteroatoms. The fourth-order valence-corrected chi connectivity index (χ4v) is 6.14. The number of hydrogen-bond acceptors (Lipinski definition) is 2. The number of amides is 1. The Balaban J connectivity index is 1.49. The average molecular weight is 451 g/mol. The van der Waals surface area contributed by atoms with Crippen LogP contribution in [0.5, 0.6) is 0 Å². The number of rotatable bonds is 4. The Hall–Kier alpha value is -2.43. The molecule has 3 aromatic rings. The summed E-state index contributed by atoms with van der Waals surface area (Å²) in [5.74, 6) is -0.130. The number of benzene rings is 3. The van der Waals surface area contributed by atoms with Gasteiger partial charge in [0.2, 0.25) is 5.91 Å². The molecule has 0 aromatic heterocycles. The molecular formula is C27H28ClFN2O. The van der Waals surface area contributed by atoms with Crippen LogP contribution in [-0.4, -0.2) is 30.4 Å². The monoisotopic (exact) mass is 450 g/mol. The van der Waals surface area contributed by atoms with Crippen LogP contribution < -0.4 is 5.32 Å². The zero-order chi connectivity index (χ0) is 22.3. The molecule has 0 saturated carbocycles. The molecule has 0 aliphatic carbocycles. The smallest absolute Gasteiger partial charge is 0.227 e. The van der Waals surface area contributed by atoms with E-state index in [1.165, 1.54) is 12.1 Å². The van der Waals surface area contributed by atoms with Crippen LogP contribution >= 0.6 is 11.6 Å². The second-order valence-corrected chi connectivity index (χ2v) is 9.61. The predicted molar refractivity (Wildman–Crippen MR) is 127 cm³/mol. The molecular weight excluding hydrogens is 423 g/mol. The molecule has 32 heavy (non-hydrogen) atoms. The summed E-state index contributed by atoms with van der Waals surface area (Å²) in [6.45, 7) is 4.57. The zero-order valence-electron chi connectivity index (χ0n) is 18.3. The van der Waals surface area contributed by atoms with E-state index in [1.807, 2.05) is 41.3 Å². The number of likely N-dealkylation sites (tertiary alicyclic amines) is 1. The number of piperidine rings is 1. The van der Waals surface area contributed by atoms with Crippen molar-refractivity contribution in [1.29, 1.82) is 0 Å². The van der Waals surface area contributed by atoms with E-state index in [0.717, 1.165) is 60.8 Å². The molecule has 1 unspecified atom stereocenters. The maximum atomic E-state index is 13.9. The number of hydrogen-bond donors (Lipinski definition) is 1. The predicted octanol–water partition coefficient (Wildman–Crippen LogP) is 5.86. The van der Waals surface area contributed by atoms with Crippen molar-refractivity contribution in [3.8, 4) is 0 Å². The molecule has 2 saturated heterocycles. The standard InChI is InChI=1S/C27H28ClFN2O/c1-18(24-17-21(28)16-19-4-2-3-5-23(19)24)31-15-10-25(26(31)32)27(11-13-30-14-12-27)20-6-8-22(29)9-7-20/h2-9,16-18,25,30H,10-15H2,1H3/t18-,25?/m0/s1. The first-order valence-electron chi connectivity index (χ1n) is 11.4. The third-order valence-electron chi connectivity index (χ3n) is 7.60. The summed E-state index contributed by atoms with van der Waals surface area (Å²) >= 11 is 6.44. The van der Waals surface area contributed by atoms with E-state index in [-0.39, 0.29) is 29.1 Å². The Morgan fingerprint density at radius 3 is 2.56 bits per heavy atom. The lowest BCUT2D eigenvalue weighted by atomic mass is 9.64. The maximum absolute atomic E-state index is 13.9. The van der Waals surface area contributed by atoms with Gasteiger partial charge in [-0.1, -0.05) is 48.0 Å². The molecule has 5 rings (SSSR count). The van der Waals surface area contributed by atoms with Gasteiger partial charge in [0.05, 0.1) is 6.04 Å². The summed E-state index contributed by atoms with van der Waals surface area (Å²) in [5, 5.41) is 6.35. The van der Waals surface area contributed by atoms with Crippen LogP contribution in [0.3, 0.4) is 0 Å². The molecule has 166 valence electrons. The summed E-state index contributed by atoms with van der Waals surface area (Å²) in [6, 6.07) is 18.9. The Bertz CT molecular complexity index is 1140. The summed E-state index contributed by atoms with van der Waals surface area (Å²) in [6.07, 6.45) is 2.59.